The number of hydrogen-bond donors (Lipinski definition) is 2. The van der Waals surface area contributed by atoms with Crippen molar-refractivity contribution in [3.63, 3.8) is 0 Å². The zero-order valence-corrected chi connectivity index (χ0v) is 15.1. The number of rotatable bonds is 3. The highest BCUT2D eigenvalue weighted by Crippen LogP contribution is 2.33. The number of morpholine rings is 1. The fourth-order valence-electron chi connectivity index (χ4n) is 3.23. The Morgan fingerprint density at radius 2 is 1.90 bits per heavy atom. The number of aromatic amines is 2. The number of ether oxygens (including phenoxy) is 1. The van der Waals surface area contributed by atoms with E-state index in [-0.39, 0.29) is 28.8 Å². The Bertz CT molecular complexity index is 1190. The second-order valence-corrected chi connectivity index (χ2v) is 6.46. The average molecular weight is 423 g/mol. The van der Waals surface area contributed by atoms with E-state index < -0.39 is 17.8 Å². The van der Waals surface area contributed by atoms with Crippen molar-refractivity contribution in [1.82, 2.24) is 39.5 Å². The molecular weight excluding hydrogens is 410 g/mol. The average Bonchev–Trinajstić information content (AvgIpc) is 3.46. The minimum atomic E-state index is -4.70. The number of nitrogens with zero attached hydrogens (tertiary/aromatic N) is 7. The molecule has 4 aromatic rings. The van der Waals surface area contributed by atoms with E-state index in [4.69, 9.17) is 4.74 Å². The lowest BCUT2D eigenvalue weighted by Crippen LogP contribution is -2.37. The van der Waals surface area contributed by atoms with Crippen LogP contribution < -0.4 is 4.90 Å². The summed E-state index contributed by atoms with van der Waals surface area (Å²) in [7, 11) is 0. The van der Waals surface area contributed by atoms with Gasteiger partial charge >= 0.3 is 6.18 Å². The van der Waals surface area contributed by atoms with E-state index >= 15 is 0 Å². The Morgan fingerprint density at radius 3 is 2.57 bits per heavy atom. The summed E-state index contributed by atoms with van der Waals surface area (Å²) < 4.78 is 60.4. The Hall–Kier alpha value is -3.55. The van der Waals surface area contributed by atoms with Crippen LogP contribution in [0.15, 0.2) is 18.7 Å². The molecule has 156 valence electrons. The molecule has 2 N–H and O–H groups in total. The number of anilines is 1. The molecule has 5 heterocycles. The summed E-state index contributed by atoms with van der Waals surface area (Å²) in [4.78, 5) is 20.6. The smallest absolute Gasteiger partial charge is 0.378 e. The highest BCUT2D eigenvalue weighted by Gasteiger charge is 2.36. The van der Waals surface area contributed by atoms with Gasteiger partial charge in [-0.3, -0.25) is 9.50 Å². The molecule has 5 rings (SSSR count). The van der Waals surface area contributed by atoms with E-state index in [2.05, 4.69) is 30.0 Å². The van der Waals surface area contributed by atoms with Gasteiger partial charge in [-0.2, -0.15) is 23.3 Å². The number of halogens is 4. The number of imidazole rings is 2. The van der Waals surface area contributed by atoms with Gasteiger partial charge in [0.1, 0.15) is 11.4 Å². The summed E-state index contributed by atoms with van der Waals surface area (Å²) >= 11 is 0. The lowest BCUT2D eigenvalue weighted by Gasteiger charge is -2.27. The fraction of sp³-hybridized carbons (Fsp3) is 0.312. The molecule has 0 spiro atoms. The molecule has 1 aliphatic rings. The highest BCUT2D eigenvalue weighted by atomic mass is 19.4. The van der Waals surface area contributed by atoms with E-state index in [0.29, 0.717) is 32.0 Å². The van der Waals surface area contributed by atoms with E-state index in [1.54, 1.807) is 4.90 Å². The summed E-state index contributed by atoms with van der Waals surface area (Å²) in [6.07, 6.45) is -0.717. The van der Waals surface area contributed by atoms with Crippen LogP contribution in [0.3, 0.4) is 0 Å². The Kier molecular flexibility index (Phi) is 4.16. The summed E-state index contributed by atoms with van der Waals surface area (Å²) in [6.45, 7) is 1.78. The van der Waals surface area contributed by atoms with Crippen molar-refractivity contribution >= 4 is 11.6 Å². The molecular formula is C16H13F4N9O. The number of fused-ring (bicyclic) bond motifs is 1. The van der Waals surface area contributed by atoms with Crippen LogP contribution in [0, 0.1) is 5.82 Å². The number of nitrogens with one attached hydrogen (secondary N) is 2. The topological polar surface area (TPSA) is 113 Å². The molecule has 0 radical (unpaired) electrons. The second kappa shape index (κ2) is 6.76. The molecule has 0 unspecified atom stereocenters. The highest BCUT2D eigenvalue weighted by molar-refractivity contribution is 5.76. The molecule has 1 aliphatic heterocycles. The van der Waals surface area contributed by atoms with Gasteiger partial charge in [0.25, 0.3) is 0 Å². The molecule has 0 atom stereocenters. The normalized spacial score (nSPS) is 15.3. The van der Waals surface area contributed by atoms with Crippen LogP contribution in [0.5, 0.6) is 0 Å². The fourth-order valence-corrected chi connectivity index (χ4v) is 3.23. The van der Waals surface area contributed by atoms with Crippen LogP contribution in [0.25, 0.3) is 28.7 Å². The van der Waals surface area contributed by atoms with E-state index in [0.717, 1.165) is 0 Å². The molecule has 4 aromatic heterocycles. The maximum absolute atomic E-state index is 14.9. The van der Waals surface area contributed by atoms with Crippen molar-refractivity contribution in [2.75, 3.05) is 31.2 Å². The second-order valence-electron chi connectivity index (χ2n) is 6.46. The number of hydrogen-bond acceptors (Lipinski definition) is 7. The predicted molar refractivity (Wildman–Crippen MR) is 93.9 cm³/mol. The zero-order chi connectivity index (χ0) is 20.9. The van der Waals surface area contributed by atoms with Gasteiger partial charge in [-0.05, 0) is 0 Å². The van der Waals surface area contributed by atoms with Gasteiger partial charge < -0.3 is 14.6 Å². The van der Waals surface area contributed by atoms with Crippen molar-refractivity contribution in [2.45, 2.75) is 6.18 Å². The molecule has 0 aromatic carbocycles. The minimum Gasteiger partial charge on any atom is -0.378 e. The molecule has 30 heavy (non-hydrogen) atoms. The lowest BCUT2D eigenvalue weighted by molar-refractivity contribution is -0.144. The first-order valence-corrected chi connectivity index (χ1v) is 8.82. The molecule has 0 amide bonds. The monoisotopic (exact) mass is 423 g/mol. The van der Waals surface area contributed by atoms with Crippen molar-refractivity contribution in [3.8, 4) is 22.9 Å². The van der Waals surface area contributed by atoms with E-state index in [1.807, 2.05) is 5.10 Å². The van der Waals surface area contributed by atoms with Crippen LogP contribution in [0.2, 0.25) is 0 Å². The molecule has 0 bridgehead atoms. The number of H-pyrrole nitrogens is 2. The van der Waals surface area contributed by atoms with Crippen molar-refractivity contribution in [3.05, 3.63) is 30.4 Å². The predicted octanol–water partition coefficient (Wildman–Crippen LogP) is 1.90. The van der Waals surface area contributed by atoms with Crippen LogP contribution in [-0.4, -0.2) is 65.8 Å². The quantitative estimate of drug-likeness (QED) is 0.484. The van der Waals surface area contributed by atoms with Crippen LogP contribution in [0.4, 0.5) is 23.4 Å². The summed E-state index contributed by atoms with van der Waals surface area (Å²) in [5.41, 5.74) is 0.614. The van der Waals surface area contributed by atoms with Gasteiger partial charge in [-0.1, -0.05) is 0 Å². The summed E-state index contributed by atoms with van der Waals surface area (Å²) in [5, 5.41) is 5.50. The first-order chi connectivity index (χ1) is 14.4. The molecule has 1 saturated heterocycles. The third-order valence-electron chi connectivity index (χ3n) is 4.58. The maximum Gasteiger partial charge on any atom is 0.451 e. The van der Waals surface area contributed by atoms with Crippen molar-refractivity contribution in [2.24, 2.45) is 0 Å². The van der Waals surface area contributed by atoms with Crippen molar-refractivity contribution in [1.29, 1.82) is 0 Å². The van der Waals surface area contributed by atoms with E-state index in [1.165, 1.54) is 23.1 Å². The van der Waals surface area contributed by atoms with Gasteiger partial charge in [-0.25, -0.2) is 19.3 Å². The largest absolute Gasteiger partial charge is 0.451 e. The van der Waals surface area contributed by atoms with Crippen LogP contribution in [0.1, 0.15) is 5.82 Å². The third kappa shape index (κ3) is 3.04. The molecule has 1 fully saturated rings. The van der Waals surface area contributed by atoms with Gasteiger partial charge in [0.05, 0.1) is 37.6 Å². The zero-order valence-electron chi connectivity index (χ0n) is 15.1. The van der Waals surface area contributed by atoms with E-state index in [9.17, 15) is 17.6 Å². The van der Waals surface area contributed by atoms with Gasteiger partial charge in [0.15, 0.2) is 11.6 Å². The van der Waals surface area contributed by atoms with Crippen LogP contribution in [-0.2, 0) is 10.9 Å². The first-order valence-electron chi connectivity index (χ1n) is 8.82. The number of aromatic nitrogens is 8. The lowest BCUT2D eigenvalue weighted by atomic mass is 10.2. The summed E-state index contributed by atoms with van der Waals surface area (Å²) in [5.74, 6) is -2.01. The SMILES string of the molecule is Fc1cn2c(-c3cnc[nH]3)c(-c3n[nH]c(C(F)(F)F)n3)nc2nc1N1CCOCC1. The Morgan fingerprint density at radius 1 is 1.10 bits per heavy atom. The van der Waals surface area contributed by atoms with Gasteiger partial charge in [-0.15, -0.1) is 0 Å². The van der Waals surface area contributed by atoms with Gasteiger partial charge in [0, 0.05) is 13.1 Å². The maximum atomic E-state index is 14.9. The third-order valence-corrected chi connectivity index (χ3v) is 4.58. The van der Waals surface area contributed by atoms with Crippen molar-refractivity contribution < 1.29 is 22.3 Å². The Labute approximate surface area is 165 Å². The molecule has 10 nitrogen and oxygen atoms in total. The first kappa shape index (κ1) is 18.5. The Balaban J connectivity index is 1.69. The number of alkyl halides is 3. The molecule has 14 heteroatoms. The standard InChI is InChI=1S/C16H13F4N9O/c17-8-6-29-11(9-5-21-7-22-9)10(12-24-14(27-26-12)16(18,19)20)23-15(29)25-13(8)28-1-3-30-4-2-28/h5-7H,1-4H2,(H,21,22)(H,24,26,27). The minimum absolute atomic E-state index is 0.00275. The molecule has 0 aliphatic carbocycles. The summed E-state index contributed by atoms with van der Waals surface area (Å²) in [6, 6.07) is 0. The van der Waals surface area contributed by atoms with Gasteiger partial charge in [0.2, 0.25) is 17.4 Å². The molecule has 0 saturated carbocycles. The van der Waals surface area contributed by atoms with Crippen LogP contribution >= 0.6 is 0 Å².